The molecule has 2 heterocycles. The maximum Gasteiger partial charge on any atom is 0.290 e. The Morgan fingerprint density at radius 2 is 2.60 bits per heavy atom. The molecule has 1 aliphatic heterocycles. The molecule has 5 nitrogen and oxygen atoms in total. The van der Waals surface area contributed by atoms with Gasteiger partial charge in [-0.1, -0.05) is 18.5 Å². The first kappa shape index (κ1) is 11.3. The minimum absolute atomic E-state index is 0.238. The summed E-state index contributed by atoms with van der Waals surface area (Å²) in [6.45, 7) is 3.33. The Morgan fingerprint density at radius 1 is 1.87 bits per heavy atom. The summed E-state index contributed by atoms with van der Waals surface area (Å²) in [6, 6.07) is 0. The number of aromatic nitrogens is 1. The van der Waals surface area contributed by atoms with E-state index < -0.39 is 10.9 Å². The summed E-state index contributed by atoms with van der Waals surface area (Å²) in [5, 5.41) is 22.4. The Kier molecular flexibility index (Phi) is 2.98. The van der Waals surface area contributed by atoms with Crippen molar-refractivity contribution in [2.45, 2.75) is 13.2 Å². The second-order valence-corrected chi connectivity index (χ2v) is 5.17. The number of β-amino-alcohol motifs (C(OH)–C–C–N with tert-alkyl or cyclic N) is 1. The summed E-state index contributed by atoms with van der Waals surface area (Å²) < 4.78 is -0.328. The molecule has 0 bridgehead atoms. The molecule has 1 aromatic heterocycles. The van der Waals surface area contributed by atoms with Crippen LogP contribution in [0.15, 0.2) is 6.20 Å². The number of nitrogens with zero attached hydrogens (tertiary/aromatic N) is 3. The zero-order chi connectivity index (χ0) is 11.1. The molecule has 2 rings (SSSR count). The van der Waals surface area contributed by atoms with Gasteiger partial charge in [-0.25, -0.2) is 4.90 Å². The van der Waals surface area contributed by atoms with Gasteiger partial charge in [0.15, 0.2) is 0 Å². The third kappa shape index (κ3) is 1.89. The second-order valence-electron chi connectivity index (χ2n) is 3.53. The molecule has 0 spiro atoms. The monoisotopic (exact) mass is 249 g/mol. The van der Waals surface area contributed by atoms with Gasteiger partial charge in [0.2, 0.25) is 6.23 Å². The molecule has 0 saturated carbocycles. The highest BCUT2D eigenvalue weighted by molar-refractivity contribution is 7.19. The first-order chi connectivity index (χ1) is 7.06. The van der Waals surface area contributed by atoms with E-state index in [1.165, 1.54) is 6.20 Å². The zero-order valence-electron chi connectivity index (χ0n) is 8.26. The highest BCUT2D eigenvalue weighted by Crippen LogP contribution is 2.35. The molecule has 1 saturated heterocycles. The van der Waals surface area contributed by atoms with Gasteiger partial charge in [0.05, 0.1) is 12.7 Å². The molecule has 15 heavy (non-hydrogen) atoms. The summed E-state index contributed by atoms with van der Waals surface area (Å²) in [7, 11) is 0. The predicted molar refractivity (Wildman–Crippen MR) is 60.4 cm³/mol. The van der Waals surface area contributed by atoms with Crippen LogP contribution in [0.1, 0.15) is 6.92 Å². The number of halogens is 1. The standard InChI is InChI=1S/C8H12ClN3O2S/c1-2-11-4-7(13)12(14,5-11)8-10-3-6(9)15-8/h3,7,13H,2,4-5H2,1H3. The van der Waals surface area contributed by atoms with E-state index in [2.05, 4.69) is 4.98 Å². The fourth-order valence-corrected chi connectivity index (χ4v) is 2.62. The number of rotatable bonds is 2. The van der Waals surface area contributed by atoms with Gasteiger partial charge in [0.25, 0.3) is 5.13 Å². The molecule has 0 radical (unpaired) electrons. The van der Waals surface area contributed by atoms with Crippen molar-refractivity contribution in [3.05, 3.63) is 15.7 Å². The van der Waals surface area contributed by atoms with Gasteiger partial charge in [-0.3, -0.25) is 4.65 Å². The Labute approximate surface area is 96.7 Å². The van der Waals surface area contributed by atoms with Crippen LogP contribution in [0, 0.1) is 5.21 Å². The first-order valence-corrected chi connectivity index (χ1v) is 5.87. The Balaban J connectivity index is 2.27. The van der Waals surface area contributed by atoms with Crippen LogP contribution in [0.5, 0.6) is 0 Å². The van der Waals surface area contributed by atoms with Crippen LogP contribution in [-0.2, 0) is 0 Å². The Bertz CT molecular complexity index is 361. The van der Waals surface area contributed by atoms with Crippen molar-refractivity contribution in [3.8, 4) is 0 Å². The summed E-state index contributed by atoms with van der Waals surface area (Å²) in [4.78, 5) is 5.84. The summed E-state index contributed by atoms with van der Waals surface area (Å²) in [5.74, 6) is 0. The molecule has 7 heteroatoms. The number of aliphatic hydroxyl groups excluding tert-OH is 1. The van der Waals surface area contributed by atoms with Crippen molar-refractivity contribution >= 4 is 28.1 Å². The van der Waals surface area contributed by atoms with E-state index in [-0.39, 0.29) is 6.67 Å². The lowest BCUT2D eigenvalue weighted by molar-refractivity contribution is 0.0847. The molecule has 2 unspecified atom stereocenters. The minimum atomic E-state index is -0.966. The maximum absolute atomic E-state index is 12.4. The van der Waals surface area contributed by atoms with Crippen LogP contribution in [0.2, 0.25) is 4.34 Å². The molecule has 84 valence electrons. The fourth-order valence-electron chi connectivity index (χ4n) is 1.65. The van der Waals surface area contributed by atoms with E-state index in [4.69, 9.17) is 11.6 Å². The number of aliphatic hydroxyl groups is 1. The fraction of sp³-hybridized carbons (Fsp3) is 0.625. The quantitative estimate of drug-likeness (QED) is 0.632. The van der Waals surface area contributed by atoms with Gasteiger partial charge >= 0.3 is 0 Å². The number of hydrogen-bond acceptors (Lipinski definition) is 5. The number of hydroxylamine groups is 2. The minimum Gasteiger partial charge on any atom is -0.623 e. The lowest BCUT2D eigenvalue weighted by atomic mass is 10.5. The number of likely N-dealkylation sites (N-methyl/N-ethyl adjacent to an activating group) is 1. The lowest BCUT2D eigenvalue weighted by Crippen LogP contribution is -2.48. The van der Waals surface area contributed by atoms with Crippen molar-refractivity contribution < 1.29 is 5.11 Å². The van der Waals surface area contributed by atoms with Gasteiger partial charge in [0, 0.05) is 6.54 Å². The topological polar surface area (TPSA) is 59.4 Å². The Morgan fingerprint density at radius 3 is 3.07 bits per heavy atom. The third-order valence-corrected chi connectivity index (χ3v) is 3.78. The van der Waals surface area contributed by atoms with Crippen molar-refractivity contribution in [1.29, 1.82) is 0 Å². The van der Waals surface area contributed by atoms with Crippen LogP contribution in [-0.4, -0.2) is 41.0 Å². The van der Waals surface area contributed by atoms with Gasteiger partial charge in [0.1, 0.15) is 11.0 Å². The third-order valence-electron chi connectivity index (χ3n) is 2.55. The molecule has 1 N–H and O–H groups in total. The molecule has 0 aliphatic carbocycles. The lowest BCUT2D eigenvalue weighted by Gasteiger charge is -2.37. The summed E-state index contributed by atoms with van der Waals surface area (Å²) >= 11 is 6.86. The number of quaternary nitrogens is 1. The van der Waals surface area contributed by atoms with Crippen LogP contribution < -0.4 is 4.65 Å². The highest BCUT2D eigenvalue weighted by atomic mass is 35.5. The first-order valence-electron chi connectivity index (χ1n) is 4.67. The Hall–Kier alpha value is -0.240. The van der Waals surface area contributed by atoms with E-state index in [0.717, 1.165) is 17.9 Å². The predicted octanol–water partition coefficient (Wildman–Crippen LogP) is 1.21. The van der Waals surface area contributed by atoms with Crippen molar-refractivity contribution in [1.82, 2.24) is 14.5 Å². The summed E-state index contributed by atoms with van der Waals surface area (Å²) in [6.07, 6.45) is 0.480. The van der Waals surface area contributed by atoms with E-state index in [0.29, 0.717) is 16.0 Å². The van der Waals surface area contributed by atoms with Crippen LogP contribution in [0.25, 0.3) is 0 Å². The van der Waals surface area contributed by atoms with Crippen molar-refractivity contribution in [2.24, 2.45) is 0 Å². The molecule has 1 aromatic rings. The molecule has 2 atom stereocenters. The van der Waals surface area contributed by atoms with Gasteiger partial charge in [-0.05, 0) is 11.3 Å². The highest BCUT2D eigenvalue weighted by Gasteiger charge is 2.41. The van der Waals surface area contributed by atoms with E-state index in [1.54, 1.807) is 0 Å². The van der Waals surface area contributed by atoms with Crippen LogP contribution >= 0.6 is 22.9 Å². The van der Waals surface area contributed by atoms with Crippen LogP contribution in [0.3, 0.4) is 0 Å². The second kappa shape index (κ2) is 3.97. The average molecular weight is 250 g/mol. The smallest absolute Gasteiger partial charge is 0.290 e. The van der Waals surface area contributed by atoms with E-state index >= 15 is 0 Å². The van der Waals surface area contributed by atoms with Crippen molar-refractivity contribution in [2.75, 3.05) is 19.8 Å². The van der Waals surface area contributed by atoms with Gasteiger partial charge < -0.3 is 10.3 Å². The van der Waals surface area contributed by atoms with Gasteiger partial charge in [-0.15, -0.1) is 0 Å². The van der Waals surface area contributed by atoms with Crippen molar-refractivity contribution in [3.63, 3.8) is 0 Å². The SMILES string of the molecule is CCN1CC(O)[N+]([O-])(c2ncc(Cl)s2)C1. The number of hydrogen-bond donors (Lipinski definition) is 1. The molecular weight excluding hydrogens is 238 g/mol. The zero-order valence-corrected chi connectivity index (χ0v) is 9.83. The normalized spacial score (nSPS) is 32.4. The maximum atomic E-state index is 12.4. The van der Waals surface area contributed by atoms with E-state index in [1.807, 2.05) is 11.8 Å². The molecule has 1 fully saturated rings. The number of thiazole rings is 1. The molecule has 1 aliphatic rings. The van der Waals surface area contributed by atoms with Crippen LogP contribution in [0.4, 0.5) is 5.13 Å². The van der Waals surface area contributed by atoms with E-state index in [9.17, 15) is 10.3 Å². The molecule has 0 amide bonds. The molecule has 0 aromatic carbocycles. The summed E-state index contributed by atoms with van der Waals surface area (Å²) in [5.41, 5.74) is 0. The van der Waals surface area contributed by atoms with Gasteiger partial charge in [-0.2, -0.15) is 4.98 Å². The largest absolute Gasteiger partial charge is 0.623 e. The molecular formula is C8H12ClN3O2S. The average Bonchev–Trinajstić information content (AvgIpc) is 2.73.